The Balaban J connectivity index is 1.58. The van der Waals surface area contributed by atoms with E-state index in [-0.39, 0.29) is 24.4 Å². The summed E-state index contributed by atoms with van der Waals surface area (Å²) in [5.41, 5.74) is 1.90. The fourth-order valence-electron chi connectivity index (χ4n) is 2.50. The molecule has 3 rings (SSSR count). The fraction of sp³-hybridized carbons (Fsp3) is 0.158. The molecule has 0 aliphatic heterocycles. The molecule has 7 heteroatoms. The smallest absolute Gasteiger partial charge is 0.220 e. The number of carbonyl (C=O) groups is 1. The van der Waals surface area contributed by atoms with Gasteiger partial charge in [-0.05, 0) is 24.6 Å². The number of aryl methyl sites for hydroxylation is 1. The number of halogens is 3. The molecule has 4 nitrogen and oxygen atoms in total. The zero-order chi connectivity index (χ0) is 18.5. The number of carbonyl (C=O) groups excluding carboxylic acids is 1. The predicted octanol–water partition coefficient (Wildman–Crippen LogP) is 4.01. The van der Waals surface area contributed by atoms with Crippen molar-refractivity contribution in [1.82, 2.24) is 10.5 Å². The first-order valence-electron chi connectivity index (χ1n) is 7.93. The summed E-state index contributed by atoms with van der Waals surface area (Å²) in [5, 5.41) is 6.44. The monoisotopic (exact) mass is 360 g/mol. The van der Waals surface area contributed by atoms with Gasteiger partial charge in [-0.25, -0.2) is 13.2 Å². The first-order valence-corrected chi connectivity index (χ1v) is 7.93. The third-order valence-electron chi connectivity index (χ3n) is 3.85. The average molecular weight is 360 g/mol. The van der Waals surface area contributed by atoms with Crippen molar-refractivity contribution in [3.05, 3.63) is 77.3 Å². The van der Waals surface area contributed by atoms with Gasteiger partial charge < -0.3 is 9.84 Å². The molecule has 2 aromatic carbocycles. The van der Waals surface area contributed by atoms with Crippen LogP contribution >= 0.6 is 0 Å². The molecule has 134 valence electrons. The van der Waals surface area contributed by atoms with Crippen LogP contribution in [0.15, 0.2) is 53.3 Å². The van der Waals surface area contributed by atoms with Gasteiger partial charge in [-0.3, -0.25) is 4.79 Å². The van der Waals surface area contributed by atoms with Gasteiger partial charge in [-0.15, -0.1) is 0 Å². The molecule has 1 heterocycles. The van der Waals surface area contributed by atoms with Gasteiger partial charge in [-0.1, -0.05) is 23.4 Å². The molecule has 0 atom stereocenters. The lowest BCUT2D eigenvalue weighted by atomic mass is 10.0. The summed E-state index contributed by atoms with van der Waals surface area (Å²) >= 11 is 0. The zero-order valence-electron chi connectivity index (χ0n) is 13.6. The largest absolute Gasteiger partial charge is 0.364 e. The molecule has 0 saturated carbocycles. The summed E-state index contributed by atoms with van der Waals surface area (Å²) < 4.78 is 44.7. The number of nitrogens with zero attached hydrogens (tertiary/aromatic N) is 1. The highest BCUT2D eigenvalue weighted by Gasteiger charge is 2.13. The van der Waals surface area contributed by atoms with Crippen molar-refractivity contribution >= 4 is 5.91 Å². The van der Waals surface area contributed by atoms with Crippen molar-refractivity contribution in [2.24, 2.45) is 0 Å². The molecule has 0 aliphatic carbocycles. The number of hydrogen-bond acceptors (Lipinski definition) is 3. The highest BCUT2D eigenvalue weighted by atomic mass is 19.1. The lowest BCUT2D eigenvalue weighted by Crippen LogP contribution is -2.23. The third-order valence-corrected chi connectivity index (χ3v) is 3.85. The maximum absolute atomic E-state index is 13.5. The van der Waals surface area contributed by atoms with Gasteiger partial charge in [0.25, 0.3) is 0 Å². The van der Waals surface area contributed by atoms with E-state index >= 15 is 0 Å². The lowest BCUT2D eigenvalue weighted by Gasteiger charge is -2.06. The van der Waals surface area contributed by atoms with Crippen molar-refractivity contribution < 1.29 is 22.5 Å². The normalized spacial score (nSPS) is 10.7. The minimum atomic E-state index is -0.710. The van der Waals surface area contributed by atoms with E-state index in [4.69, 9.17) is 4.52 Å². The summed E-state index contributed by atoms with van der Waals surface area (Å²) in [7, 11) is 0. The van der Waals surface area contributed by atoms with E-state index in [2.05, 4.69) is 10.5 Å². The SMILES string of the molecule is O=C(CCc1conc1-c1cccc(F)c1)NCc1ccc(F)cc1F. The standard InChI is InChI=1S/C19H15F3N2O2/c20-15-3-1-2-12(8-15)19-14(11-26-24-19)5-7-18(25)23-10-13-4-6-16(21)9-17(13)22/h1-4,6,8-9,11H,5,7,10H2,(H,23,25). The molecule has 0 radical (unpaired) electrons. The summed E-state index contributed by atoms with van der Waals surface area (Å²) in [5.74, 6) is -2.08. The number of nitrogens with one attached hydrogen (secondary N) is 1. The quantitative estimate of drug-likeness (QED) is 0.723. The molecule has 0 fully saturated rings. The van der Waals surface area contributed by atoms with Crippen molar-refractivity contribution in [2.75, 3.05) is 0 Å². The summed E-state index contributed by atoms with van der Waals surface area (Å²) in [6.45, 7) is -0.0364. The highest BCUT2D eigenvalue weighted by Crippen LogP contribution is 2.23. The Morgan fingerprint density at radius 1 is 1.04 bits per heavy atom. The molecule has 1 aromatic heterocycles. The van der Waals surface area contributed by atoms with Crippen molar-refractivity contribution in [1.29, 1.82) is 0 Å². The van der Waals surface area contributed by atoms with Crippen LogP contribution in [-0.4, -0.2) is 11.1 Å². The molecule has 1 amide bonds. The summed E-state index contributed by atoms with van der Waals surface area (Å²) in [6.07, 6.45) is 1.85. The van der Waals surface area contributed by atoms with Crippen LogP contribution in [-0.2, 0) is 17.8 Å². The van der Waals surface area contributed by atoms with Crippen LogP contribution in [0.2, 0.25) is 0 Å². The molecule has 0 spiro atoms. The second-order valence-corrected chi connectivity index (χ2v) is 5.71. The Hall–Kier alpha value is -3.09. The third kappa shape index (κ3) is 4.30. The van der Waals surface area contributed by atoms with Gasteiger partial charge in [0.1, 0.15) is 29.4 Å². The molecule has 3 aromatic rings. The molecule has 1 N–H and O–H groups in total. The van der Waals surface area contributed by atoms with Crippen LogP contribution in [0.5, 0.6) is 0 Å². The van der Waals surface area contributed by atoms with Gasteiger partial charge in [0.15, 0.2) is 0 Å². The van der Waals surface area contributed by atoms with Gasteiger partial charge in [0, 0.05) is 35.7 Å². The van der Waals surface area contributed by atoms with E-state index in [0.717, 1.165) is 12.1 Å². The van der Waals surface area contributed by atoms with E-state index in [1.165, 1.54) is 24.5 Å². The molecule has 0 bridgehead atoms. The van der Waals surface area contributed by atoms with Gasteiger partial charge in [0.2, 0.25) is 5.91 Å². The Morgan fingerprint density at radius 3 is 2.62 bits per heavy atom. The maximum atomic E-state index is 13.5. The van der Waals surface area contributed by atoms with Crippen molar-refractivity contribution in [3.63, 3.8) is 0 Å². The van der Waals surface area contributed by atoms with E-state index < -0.39 is 17.5 Å². The Kier molecular flexibility index (Phi) is 5.36. The Labute approximate surface area is 147 Å². The van der Waals surface area contributed by atoms with Gasteiger partial charge >= 0.3 is 0 Å². The number of benzene rings is 2. The molecule has 0 saturated heterocycles. The number of amides is 1. The molecular formula is C19H15F3N2O2. The van der Waals surface area contributed by atoms with Gasteiger partial charge in [0.05, 0.1) is 0 Å². The van der Waals surface area contributed by atoms with E-state index in [1.807, 2.05) is 0 Å². The molecule has 26 heavy (non-hydrogen) atoms. The summed E-state index contributed by atoms with van der Waals surface area (Å²) in [4.78, 5) is 12.0. The molecular weight excluding hydrogens is 345 g/mol. The minimum absolute atomic E-state index is 0.0364. The van der Waals surface area contributed by atoms with Crippen LogP contribution in [0.1, 0.15) is 17.5 Å². The van der Waals surface area contributed by atoms with Crippen molar-refractivity contribution in [2.45, 2.75) is 19.4 Å². The molecule has 0 unspecified atom stereocenters. The summed E-state index contributed by atoms with van der Waals surface area (Å²) in [6, 6.07) is 9.10. The number of hydrogen-bond donors (Lipinski definition) is 1. The minimum Gasteiger partial charge on any atom is -0.364 e. The highest BCUT2D eigenvalue weighted by molar-refractivity contribution is 5.76. The second kappa shape index (κ2) is 7.86. The van der Waals surface area contributed by atoms with Gasteiger partial charge in [-0.2, -0.15) is 0 Å². The average Bonchev–Trinajstić information content (AvgIpc) is 3.08. The van der Waals surface area contributed by atoms with Crippen LogP contribution in [0.25, 0.3) is 11.3 Å². The second-order valence-electron chi connectivity index (χ2n) is 5.71. The van der Waals surface area contributed by atoms with Crippen LogP contribution < -0.4 is 5.32 Å². The van der Waals surface area contributed by atoms with E-state index in [9.17, 15) is 18.0 Å². The first kappa shape index (κ1) is 17.7. The predicted molar refractivity (Wildman–Crippen MR) is 88.4 cm³/mol. The Bertz CT molecular complexity index is 925. The first-order chi connectivity index (χ1) is 12.5. The van der Waals surface area contributed by atoms with Crippen LogP contribution in [0, 0.1) is 17.5 Å². The van der Waals surface area contributed by atoms with E-state index in [0.29, 0.717) is 23.2 Å². The van der Waals surface area contributed by atoms with Crippen molar-refractivity contribution in [3.8, 4) is 11.3 Å². The zero-order valence-corrected chi connectivity index (χ0v) is 13.6. The Morgan fingerprint density at radius 2 is 1.85 bits per heavy atom. The number of aromatic nitrogens is 1. The molecule has 0 aliphatic rings. The van der Waals surface area contributed by atoms with Crippen LogP contribution in [0.4, 0.5) is 13.2 Å². The maximum Gasteiger partial charge on any atom is 0.220 e. The fourth-order valence-corrected chi connectivity index (χ4v) is 2.50. The lowest BCUT2D eigenvalue weighted by molar-refractivity contribution is -0.121. The number of rotatable bonds is 6. The van der Waals surface area contributed by atoms with Crippen LogP contribution in [0.3, 0.4) is 0 Å². The van der Waals surface area contributed by atoms with E-state index in [1.54, 1.807) is 12.1 Å². The topological polar surface area (TPSA) is 55.1 Å².